The van der Waals surface area contributed by atoms with Gasteiger partial charge in [0.05, 0.1) is 0 Å². The molecule has 14 heavy (non-hydrogen) atoms. The second-order valence-corrected chi connectivity index (χ2v) is 4.00. The molecule has 0 aliphatic carbocycles. The first kappa shape index (κ1) is 8.01. The van der Waals surface area contributed by atoms with Crippen molar-refractivity contribution >= 4 is 10.8 Å². The van der Waals surface area contributed by atoms with E-state index < -0.39 is 0 Å². The van der Waals surface area contributed by atoms with Crippen LogP contribution in [0.2, 0.25) is 0 Å². The van der Waals surface area contributed by atoms with Gasteiger partial charge in [0.15, 0.2) is 0 Å². The average Bonchev–Trinajstić information content (AvgIpc) is 2.95. The van der Waals surface area contributed by atoms with Crippen LogP contribution in [0, 0.1) is 0 Å². The Balaban J connectivity index is 2.23. The van der Waals surface area contributed by atoms with Gasteiger partial charge in [-0.2, -0.15) is 0 Å². The van der Waals surface area contributed by atoms with Crippen molar-refractivity contribution in [3.63, 3.8) is 0 Å². The van der Waals surface area contributed by atoms with Crippen molar-refractivity contribution < 1.29 is 0 Å². The van der Waals surface area contributed by atoms with Crippen LogP contribution in [0.1, 0.15) is 18.5 Å². The van der Waals surface area contributed by atoms with Gasteiger partial charge in [-0.3, -0.25) is 0 Å². The molecule has 1 nitrogen and oxygen atoms in total. The summed E-state index contributed by atoms with van der Waals surface area (Å²) in [5, 5.41) is 6.16. The Kier molecular flexibility index (Phi) is 1.62. The lowest BCUT2D eigenvalue weighted by molar-refractivity contribution is 1.05. The van der Waals surface area contributed by atoms with Crippen molar-refractivity contribution in [3.8, 4) is 0 Å². The molecular weight excluding hydrogens is 170 g/mol. The van der Waals surface area contributed by atoms with E-state index in [9.17, 15) is 0 Å². The molecule has 1 fully saturated rings. The van der Waals surface area contributed by atoms with Crippen LogP contribution < -0.4 is 5.32 Å². The zero-order valence-corrected chi connectivity index (χ0v) is 8.20. The van der Waals surface area contributed by atoms with Crippen molar-refractivity contribution in [1.82, 2.24) is 5.32 Å². The van der Waals surface area contributed by atoms with E-state index in [0.717, 1.165) is 0 Å². The molecule has 2 aromatic rings. The maximum Gasteiger partial charge on any atom is 0.0482 e. The number of hydrogen-bond acceptors (Lipinski definition) is 1. The highest BCUT2D eigenvalue weighted by molar-refractivity contribution is 5.86. The molecule has 1 heterocycles. The van der Waals surface area contributed by atoms with E-state index in [0.29, 0.717) is 12.1 Å². The first-order chi connectivity index (χ1) is 6.86. The predicted molar refractivity (Wildman–Crippen MR) is 59.3 cm³/mol. The normalized spacial score (nSPS) is 25.2. The molecule has 1 saturated heterocycles. The fraction of sp³-hybridized carbons (Fsp3) is 0.231. The maximum atomic E-state index is 3.44. The molecule has 3 rings (SSSR count). The van der Waals surface area contributed by atoms with E-state index in [1.165, 1.54) is 16.3 Å². The van der Waals surface area contributed by atoms with Crippen LogP contribution >= 0.6 is 0 Å². The minimum atomic E-state index is 0.570. The van der Waals surface area contributed by atoms with Gasteiger partial charge in [0.1, 0.15) is 0 Å². The quantitative estimate of drug-likeness (QED) is 0.675. The largest absolute Gasteiger partial charge is 0.304 e. The van der Waals surface area contributed by atoms with Crippen molar-refractivity contribution in [2.45, 2.75) is 19.0 Å². The number of nitrogens with one attached hydrogen (secondary N) is 1. The Morgan fingerprint density at radius 1 is 1.00 bits per heavy atom. The summed E-state index contributed by atoms with van der Waals surface area (Å²) in [7, 11) is 0. The molecular formula is C13H13N. The van der Waals surface area contributed by atoms with Crippen LogP contribution in [0.25, 0.3) is 10.8 Å². The van der Waals surface area contributed by atoms with Gasteiger partial charge in [-0.1, -0.05) is 42.5 Å². The standard InChI is InChI=1S/C13H13N/c1-9-13(14-9)12-8-4-6-10-5-2-3-7-11(10)12/h2-9,13-14H,1H3. The van der Waals surface area contributed by atoms with Gasteiger partial charge in [-0.25, -0.2) is 0 Å². The average molecular weight is 183 g/mol. The number of fused-ring (bicyclic) bond motifs is 1. The lowest BCUT2D eigenvalue weighted by Gasteiger charge is -2.03. The van der Waals surface area contributed by atoms with E-state index in [4.69, 9.17) is 0 Å². The van der Waals surface area contributed by atoms with E-state index in [1.807, 2.05) is 0 Å². The Morgan fingerprint density at radius 2 is 1.71 bits per heavy atom. The molecule has 1 heteroatoms. The fourth-order valence-corrected chi connectivity index (χ4v) is 2.11. The summed E-state index contributed by atoms with van der Waals surface area (Å²) in [6, 6.07) is 16.3. The molecule has 0 spiro atoms. The summed E-state index contributed by atoms with van der Waals surface area (Å²) in [5.74, 6) is 0. The zero-order valence-electron chi connectivity index (χ0n) is 8.20. The third kappa shape index (κ3) is 1.13. The molecule has 2 atom stereocenters. The van der Waals surface area contributed by atoms with Gasteiger partial charge in [-0.05, 0) is 23.3 Å². The van der Waals surface area contributed by atoms with Gasteiger partial charge in [0.25, 0.3) is 0 Å². The molecule has 1 aliphatic rings. The van der Waals surface area contributed by atoms with Gasteiger partial charge >= 0.3 is 0 Å². The third-order valence-corrected chi connectivity index (χ3v) is 2.99. The zero-order chi connectivity index (χ0) is 9.54. The highest BCUT2D eigenvalue weighted by atomic mass is 15.1. The molecule has 0 saturated carbocycles. The molecule has 0 bridgehead atoms. The molecule has 1 aliphatic heterocycles. The molecule has 1 N–H and O–H groups in total. The molecule has 2 aromatic carbocycles. The van der Waals surface area contributed by atoms with Crippen LogP contribution in [-0.2, 0) is 0 Å². The van der Waals surface area contributed by atoms with Gasteiger partial charge in [0.2, 0.25) is 0 Å². The second-order valence-electron chi connectivity index (χ2n) is 4.00. The van der Waals surface area contributed by atoms with Crippen LogP contribution in [0.15, 0.2) is 42.5 Å². The van der Waals surface area contributed by atoms with E-state index in [1.54, 1.807) is 0 Å². The lowest BCUT2D eigenvalue weighted by atomic mass is 10.0. The summed E-state index contributed by atoms with van der Waals surface area (Å²) in [6.07, 6.45) is 0. The number of rotatable bonds is 1. The molecule has 2 unspecified atom stereocenters. The number of benzene rings is 2. The van der Waals surface area contributed by atoms with Crippen molar-refractivity contribution in [3.05, 3.63) is 48.0 Å². The molecule has 0 amide bonds. The van der Waals surface area contributed by atoms with Crippen molar-refractivity contribution in [2.75, 3.05) is 0 Å². The van der Waals surface area contributed by atoms with Crippen molar-refractivity contribution in [2.24, 2.45) is 0 Å². The number of hydrogen-bond donors (Lipinski definition) is 1. The summed E-state index contributed by atoms with van der Waals surface area (Å²) in [5.41, 5.74) is 1.44. The highest BCUT2D eigenvalue weighted by Crippen LogP contribution is 2.33. The van der Waals surface area contributed by atoms with Crippen molar-refractivity contribution in [1.29, 1.82) is 0 Å². The SMILES string of the molecule is CC1NC1c1cccc2ccccc12. The minimum absolute atomic E-state index is 0.570. The van der Waals surface area contributed by atoms with E-state index in [-0.39, 0.29) is 0 Å². The smallest absolute Gasteiger partial charge is 0.0482 e. The van der Waals surface area contributed by atoms with Crippen LogP contribution in [-0.4, -0.2) is 6.04 Å². The van der Waals surface area contributed by atoms with Crippen LogP contribution in [0.5, 0.6) is 0 Å². The summed E-state index contributed by atoms with van der Waals surface area (Å²) < 4.78 is 0. The lowest BCUT2D eigenvalue weighted by Crippen LogP contribution is -1.86. The fourth-order valence-electron chi connectivity index (χ4n) is 2.11. The molecule has 0 aromatic heterocycles. The van der Waals surface area contributed by atoms with Gasteiger partial charge in [0, 0.05) is 12.1 Å². The second kappa shape index (κ2) is 2.82. The van der Waals surface area contributed by atoms with E-state index in [2.05, 4.69) is 54.7 Å². The third-order valence-electron chi connectivity index (χ3n) is 2.99. The molecule has 0 radical (unpaired) electrons. The summed E-state index contributed by atoms with van der Waals surface area (Å²) in [6.45, 7) is 2.23. The van der Waals surface area contributed by atoms with Gasteiger partial charge < -0.3 is 5.32 Å². The van der Waals surface area contributed by atoms with Crippen LogP contribution in [0.4, 0.5) is 0 Å². The monoisotopic (exact) mass is 183 g/mol. The molecule has 70 valence electrons. The summed E-state index contributed by atoms with van der Waals surface area (Å²) >= 11 is 0. The first-order valence-electron chi connectivity index (χ1n) is 5.10. The highest BCUT2D eigenvalue weighted by Gasteiger charge is 2.33. The van der Waals surface area contributed by atoms with E-state index >= 15 is 0 Å². The Bertz CT molecular complexity index is 470. The Hall–Kier alpha value is -1.34. The summed E-state index contributed by atoms with van der Waals surface area (Å²) in [4.78, 5) is 0. The van der Waals surface area contributed by atoms with Crippen LogP contribution in [0.3, 0.4) is 0 Å². The predicted octanol–water partition coefficient (Wildman–Crippen LogP) is 2.87. The topological polar surface area (TPSA) is 21.9 Å². The Morgan fingerprint density at radius 3 is 2.50 bits per heavy atom. The first-order valence-corrected chi connectivity index (χ1v) is 5.10. The Labute approximate surface area is 83.8 Å². The maximum absolute atomic E-state index is 3.44. The minimum Gasteiger partial charge on any atom is -0.304 e. The van der Waals surface area contributed by atoms with Gasteiger partial charge in [-0.15, -0.1) is 0 Å².